The van der Waals surface area contributed by atoms with Gasteiger partial charge in [-0.05, 0) is 55.8 Å². The lowest BCUT2D eigenvalue weighted by Gasteiger charge is -2.33. The number of likely N-dealkylation sites (tertiary alicyclic amines) is 2. The zero-order valence-corrected chi connectivity index (χ0v) is 18.1. The van der Waals surface area contributed by atoms with Gasteiger partial charge in [-0.1, -0.05) is 30.3 Å². The number of nitrogens with zero attached hydrogens (tertiary/aromatic N) is 3. The largest absolute Gasteiger partial charge is 0.439 e. The number of hydrogen-bond acceptors (Lipinski definition) is 4. The Balaban J connectivity index is 1.15. The minimum absolute atomic E-state index is 0.0111. The van der Waals surface area contributed by atoms with Gasteiger partial charge in [-0.15, -0.1) is 0 Å². The lowest BCUT2D eigenvalue weighted by molar-refractivity contribution is -0.136. The van der Waals surface area contributed by atoms with E-state index in [9.17, 15) is 14.0 Å². The lowest BCUT2D eigenvalue weighted by atomic mass is 9.95. The first-order valence-electron chi connectivity index (χ1n) is 11.3. The highest BCUT2D eigenvalue weighted by molar-refractivity contribution is 5.90. The second-order valence-corrected chi connectivity index (χ2v) is 9.16. The zero-order chi connectivity index (χ0) is 22.1. The molecule has 1 spiro atoms. The van der Waals surface area contributed by atoms with Crippen LogP contribution in [0.3, 0.4) is 0 Å². The van der Waals surface area contributed by atoms with Gasteiger partial charge in [0.25, 0.3) is 0 Å². The molecule has 0 radical (unpaired) electrons. The van der Waals surface area contributed by atoms with Crippen LogP contribution in [0.15, 0.2) is 54.6 Å². The number of benzene rings is 2. The number of carbonyl (C=O) groups excluding carboxylic acids is 2. The molecule has 7 heteroatoms. The molecule has 0 aromatic heterocycles. The molecule has 1 atom stereocenters. The molecule has 0 unspecified atom stereocenters. The van der Waals surface area contributed by atoms with Gasteiger partial charge in [0.05, 0.1) is 13.1 Å². The van der Waals surface area contributed by atoms with E-state index in [1.54, 1.807) is 4.90 Å². The van der Waals surface area contributed by atoms with Crippen LogP contribution in [0, 0.1) is 11.7 Å². The van der Waals surface area contributed by atoms with E-state index in [2.05, 4.69) is 4.90 Å². The fourth-order valence-corrected chi connectivity index (χ4v) is 5.12. The van der Waals surface area contributed by atoms with E-state index in [0.29, 0.717) is 26.1 Å². The number of hydrogen-bond donors (Lipinski definition) is 0. The van der Waals surface area contributed by atoms with Crippen LogP contribution in [0.25, 0.3) is 0 Å². The third-order valence-corrected chi connectivity index (χ3v) is 6.92. The van der Waals surface area contributed by atoms with Crippen molar-refractivity contribution in [1.29, 1.82) is 0 Å². The molecule has 3 fully saturated rings. The number of anilines is 1. The molecule has 3 aliphatic rings. The molecule has 3 heterocycles. The Hall–Kier alpha value is -2.93. The first kappa shape index (κ1) is 20.9. The predicted octanol–water partition coefficient (Wildman–Crippen LogP) is 3.67. The Labute approximate surface area is 187 Å². The van der Waals surface area contributed by atoms with Gasteiger partial charge in [0, 0.05) is 31.1 Å². The van der Waals surface area contributed by atoms with Gasteiger partial charge in [0.2, 0.25) is 5.91 Å². The van der Waals surface area contributed by atoms with Crippen molar-refractivity contribution >= 4 is 17.7 Å². The van der Waals surface area contributed by atoms with Gasteiger partial charge < -0.3 is 9.64 Å². The van der Waals surface area contributed by atoms with Gasteiger partial charge >= 0.3 is 6.09 Å². The monoisotopic (exact) mass is 437 g/mol. The van der Waals surface area contributed by atoms with Crippen molar-refractivity contribution in [3.63, 3.8) is 0 Å². The molecule has 3 aliphatic heterocycles. The third-order valence-electron chi connectivity index (χ3n) is 6.92. The minimum Gasteiger partial charge on any atom is -0.439 e. The van der Waals surface area contributed by atoms with Gasteiger partial charge in [-0.25, -0.2) is 9.18 Å². The Morgan fingerprint density at radius 1 is 1.00 bits per heavy atom. The highest BCUT2D eigenvalue weighted by Crippen LogP contribution is 2.36. The number of halogens is 1. The number of amides is 2. The summed E-state index contributed by atoms with van der Waals surface area (Å²) in [6.07, 6.45) is 1.98. The fraction of sp³-hybridized carbons (Fsp3) is 0.440. The number of rotatable bonds is 4. The minimum atomic E-state index is -0.605. The standard InChI is InChI=1S/C25H28FN3O3/c26-21-8-6-19(7-9-21)16-27-13-10-20(11-14-27)23(30)28-15-12-25(17-28)18-29(24(31)32-25)22-4-2-1-3-5-22/h1-9,20H,10-18H2/t25-/m0/s1. The Morgan fingerprint density at radius 2 is 1.72 bits per heavy atom. The van der Waals surface area contributed by atoms with Gasteiger partial charge in [0.15, 0.2) is 5.60 Å². The molecule has 3 saturated heterocycles. The van der Waals surface area contributed by atoms with E-state index >= 15 is 0 Å². The van der Waals surface area contributed by atoms with Crippen molar-refractivity contribution in [2.24, 2.45) is 5.92 Å². The Bertz CT molecular complexity index is 976. The highest BCUT2D eigenvalue weighted by atomic mass is 19.1. The summed E-state index contributed by atoms with van der Waals surface area (Å²) in [6.45, 7) is 4.06. The van der Waals surface area contributed by atoms with Crippen LogP contribution in [0.4, 0.5) is 14.9 Å². The van der Waals surface area contributed by atoms with E-state index < -0.39 is 5.60 Å². The second kappa shape index (κ2) is 8.54. The molecule has 2 aromatic rings. The molecule has 0 N–H and O–H groups in total. The number of para-hydroxylation sites is 1. The van der Waals surface area contributed by atoms with Crippen molar-refractivity contribution in [2.75, 3.05) is 37.6 Å². The lowest BCUT2D eigenvalue weighted by Crippen LogP contribution is -2.44. The number of ether oxygens (including phenoxy) is 1. The maximum Gasteiger partial charge on any atom is 0.415 e. The average Bonchev–Trinajstić information content (AvgIpc) is 3.38. The summed E-state index contributed by atoms with van der Waals surface area (Å²) in [7, 11) is 0. The topological polar surface area (TPSA) is 53.1 Å². The SMILES string of the molecule is O=C(C1CCN(Cc2ccc(F)cc2)CC1)N1CC[C@]2(C1)CN(c1ccccc1)C(=O)O2. The molecule has 2 aromatic carbocycles. The van der Waals surface area contributed by atoms with Crippen molar-refractivity contribution in [3.8, 4) is 0 Å². The van der Waals surface area contributed by atoms with Crippen molar-refractivity contribution in [1.82, 2.24) is 9.80 Å². The normalized spacial score (nSPS) is 24.3. The summed E-state index contributed by atoms with van der Waals surface area (Å²) in [6, 6.07) is 16.1. The Kier molecular flexibility index (Phi) is 5.59. The van der Waals surface area contributed by atoms with Crippen LogP contribution in [-0.4, -0.2) is 60.1 Å². The zero-order valence-electron chi connectivity index (χ0n) is 18.1. The van der Waals surface area contributed by atoms with Gasteiger partial charge in [-0.3, -0.25) is 14.6 Å². The van der Waals surface area contributed by atoms with Crippen molar-refractivity contribution in [3.05, 3.63) is 66.0 Å². The van der Waals surface area contributed by atoms with Crippen molar-refractivity contribution in [2.45, 2.75) is 31.4 Å². The number of carbonyl (C=O) groups is 2. The summed E-state index contributed by atoms with van der Waals surface area (Å²) in [5.41, 5.74) is 1.31. The Morgan fingerprint density at radius 3 is 2.44 bits per heavy atom. The molecule has 6 nitrogen and oxygen atoms in total. The summed E-state index contributed by atoms with van der Waals surface area (Å²) >= 11 is 0. The molecule has 168 valence electrons. The molecule has 32 heavy (non-hydrogen) atoms. The fourth-order valence-electron chi connectivity index (χ4n) is 5.12. The predicted molar refractivity (Wildman–Crippen MR) is 119 cm³/mol. The van der Waals surface area contributed by atoms with E-state index in [1.807, 2.05) is 47.4 Å². The van der Waals surface area contributed by atoms with Crippen LogP contribution in [0.2, 0.25) is 0 Å². The average molecular weight is 438 g/mol. The van der Waals surface area contributed by atoms with Crippen molar-refractivity contribution < 1.29 is 18.7 Å². The number of piperidine rings is 1. The molecule has 0 aliphatic carbocycles. The third kappa shape index (κ3) is 4.21. The van der Waals surface area contributed by atoms with Crippen LogP contribution >= 0.6 is 0 Å². The van der Waals surface area contributed by atoms with Crippen LogP contribution < -0.4 is 4.90 Å². The molecular formula is C25H28FN3O3. The highest BCUT2D eigenvalue weighted by Gasteiger charge is 2.51. The van der Waals surface area contributed by atoms with Crippen LogP contribution in [-0.2, 0) is 16.1 Å². The first-order chi connectivity index (χ1) is 15.5. The van der Waals surface area contributed by atoms with E-state index in [1.165, 1.54) is 12.1 Å². The second-order valence-electron chi connectivity index (χ2n) is 9.16. The van der Waals surface area contributed by atoms with E-state index in [4.69, 9.17) is 4.74 Å². The molecule has 2 amide bonds. The quantitative estimate of drug-likeness (QED) is 0.733. The maximum absolute atomic E-state index is 13.2. The smallest absolute Gasteiger partial charge is 0.415 e. The maximum atomic E-state index is 13.2. The van der Waals surface area contributed by atoms with Gasteiger partial charge in [0.1, 0.15) is 5.82 Å². The summed E-state index contributed by atoms with van der Waals surface area (Å²) in [4.78, 5) is 31.6. The molecular weight excluding hydrogens is 409 g/mol. The van der Waals surface area contributed by atoms with Gasteiger partial charge in [-0.2, -0.15) is 0 Å². The van der Waals surface area contributed by atoms with Crippen LogP contribution in [0.1, 0.15) is 24.8 Å². The summed E-state index contributed by atoms with van der Waals surface area (Å²) in [5.74, 6) is -0.0317. The van der Waals surface area contributed by atoms with E-state index in [0.717, 1.165) is 43.7 Å². The molecule has 0 saturated carbocycles. The first-order valence-corrected chi connectivity index (χ1v) is 11.3. The summed E-state index contributed by atoms with van der Waals surface area (Å²) in [5, 5.41) is 0. The van der Waals surface area contributed by atoms with Crippen LogP contribution in [0.5, 0.6) is 0 Å². The molecule has 0 bridgehead atoms. The van der Waals surface area contributed by atoms with E-state index in [-0.39, 0.29) is 23.7 Å². The summed E-state index contributed by atoms with van der Waals surface area (Å²) < 4.78 is 18.9. The molecule has 5 rings (SSSR count).